The van der Waals surface area contributed by atoms with Crippen molar-refractivity contribution in [3.63, 3.8) is 0 Å². The van der Waals surface area contributed by atoms with E-state index in [1.165, 1.54) is 23.9 Å². The van der Waals surface area contributed by atoms with Crippen molar-refractivity contribution in [1.82, 2.24) is 14.5 Å². The Hall–Kier alpha value is -4.44. The fourth-order valence-corrected chi connectivity index (χ4v) is 14.0. The molecule has 7 rings (SSSR count). The number of nitrogens with zero attached hydrogens (tertiary/aromatic N) is 3. The molecular formula is C57H73ClF3N5O7S3Si. The van der Waals surface area contributed by atoms with Crippen LogP contribution < -0.4 is 14.9 Å². The average molecular weight is 1160 g/mol. The van der Waals surface area contributed by atoms with Gasteiger partial charge in [-0.25, -0.2) is 21.6 Å². The molecule has 2 aliphatic heterocycles. The van der Waals surface area contributed by atoms with Crippen molar-refractivity contribution >= 4 is 68.8 Å². The number of hydrogen-bond acceptors (Lipinski definition) is 12. The largest absolute Gasteiger partial charge is 0.501 e. The number of thioether (sulfide) groups is 1. The number of hydrogen-bond donors (Lipinski definition) is 2. The quantitative estimate of drug-likeness (QED) is 0.0504. The molecule has 0 saturated carbocycles. The number of amides is 1. The number of nitrogens with one attached hydrogen (secondary N) is 2. The number of likely N-dealkylation sites (N-methyl/N-ethyl adjacent to an activating group) is 1. The van der Waals surface area contributed by atoms with Gasteiger partial charge in [-0.3, -0.25) is 9.69 Å². The second-order valence-corrected chi connectivity index (χ2v) is 31.2. The van der Waals surface area contributed by atoms with Gasteiger partial charge in [0.2, 0.25) is 0 Å². The molecule has 5 aromatic carbocycles. The van der Waals surface area contributed by atoms with E-state index in [1.807, 2.05) is 65.4 Å². The van der Waals surface area contributed by atoms with Crippen molar-refractivity contribution in [2.24, 2.45) is 5.92 Å². The van der Waals surface area contributed by atoms with Gasteiger partial charge in [-0.1, -0.05) is 101 Å². The molecule has 20 heteroatoms. The van der Waals surface area contributed by atoms with Crippen LogP contribution in [0.2, 0.25) is 23.2 Å². The standard InChI is InChI=1S/C57H73ClF3N5O7S3Si/c1-8-64(9-2)38-47-39-72-36-35-66(47)34-31-45(40-74-48-15-11-10-12-16-48)62-52-28-27-49(37-53(52)75(68,69)57(59,60)61)76(70,71)63-55(67)43-21-25-46(26-22-43)65-32-29-42(30-33-65)54(73-77(6,7)56(3,4)5)51-18-14-13-17-50(51)41-19-23-44(58)24-20-41/h10-28,37,42,45,47,54,62H,8-9,29-36,38-40H2,1-7H3,(H,63,67). The van der Waals surface area contributed by atoms with Crippen LogP contribution in [0.25, 0.3) is 11.1 Å². The Labute approximate surface area is 464 Å². The summed E-state index contributed by atoms with van der Waals surface area (Å²) in [5.74, 6) is -0.499. The van der Waals surface area contributed by atoms with E-state index in [-0.39, 0.29) is 28.7 Å². The molecule has 77 heavy (non-hydrogen) atoms. The Bertz CT molecular complexity index is 2980. The fourth-order valence-electron chi connectivity index (χ4n) is 9.59. The van der Waals surface area contributed by atoms with E-state index in [4.69, 9.17) is 20.8 Å². The van der Waals surface area contributed by atoms with Gasteiger partial charge in [-0.05, 0) is 140 Å². The van der Waals surface area contributed by atoms with Crippen LogP contribution in [0.1, 0.15) is 75.9 Å². The second kappa shape index (κ2) is 25.8. The Morgan fingerprint density at radius 3 is 2.16 bits per heavy atom. The number of sulfonamides is 1. The first kappa shape index (κ1) is 60.2. The number of ether oxygens (including phenoxy) is 1. The zero-order chi connectivity index (χ0) is 55.8. The summed E-state index contributed by atoms with van der Waals surface area (Å²) in [6.45, 7) is 21.5. The van der Waals surface area contributed by atoms with Crippen LogP contribution in [0, 0.1) is 5.92 Å². The van der Waals surface area contributed by atoms with E-state index < -0.39 is 61.1 Å². The van der Waals surface area contributed by atoms with Crippen molar-refractivity contribution < 1.29 is 44.0 Å². The molecule has 0 spiro atoms. The normalized spacial score (nSPS) is 17.3. The number of piperidine rings is 1. The Balaban J connectivity index is 1.07. The molecule has 3 atom stereocenters. The lowest BCUT2D eigenvalue weighted by Gasteiger charge is -2.44. The first-order chi connectivity index (χ1) is 36.4. The van der Waals surface area contributed by atoms with Crippen molar-refractivity contribution in [1.29, 1.82) is 0 Å². The molecule has 0 aliphatic carbocycles. The molecule has 2 heterocycles. The number of anilines is 2. The van der Waals surface area contributed by atoms with Crippen molar-refractivity contribution in [3.05, 3.63) is 137 Å². The number of carbonyl (C=O) groups is 1. The van der Waals surface area contributed by atoms with Gasteiger partial charge >= 0.3 is 5.51 Å². The van der Waals surface area contributed by atoms with Gasteiger partial charge in [-0.15, -0.1) is 11.8 Å². The minimum Gasteiger partial charge on any atom is -0.410 e. The van der Waals surface area contributed by atoms with Gasteiger partial charge in [0.15, 0.2) is 8.32 Å². The van der Waals surface area contributed by atoms with E-state index in [0.29, 0.717) is 62.7 Å². The minimum absolute atomic E-state index is 0.0198. The summed E-state index contributed by atoms with van der Waals surface area (Å²) in [7, 11) is -13.3. The molecule has 2 saturated heterocycles. The molecule has 12 nitrogen and oxygen atoms in total. The SMILES string of the molecule is CCN(CC)CC1COCCN1CCC(CSc1ccccc1)Nc1ccc(S(=O)(=O)NC(=O)c2ccc(N3CCC(C(O[Si](C)(C)C(C)(C)C)c4ccccc4-c4ccc(Cl)cc4)CC3)cc2)cc1S(=O)(=O)C(F)(F)F. The van der Waals surface area contributed by atoms with Crippen LogP contribution in [0.5, 0.6) is 0 Å². The molecular weight excluding hydrogens is 1080 g/mol. The zero-order valence-electron chi connectivity index (χ0n) is 45.0. The van der Waals surface area contributed by atoms with Crippen LogP contribution in [-0.2, 0) is 29.0 Å². The lowest BCUT2D eigenvalue weighted by Crippen LogP contribution is -2.52. The highest BCUT2D eigenvalue weighted by Crippen LogP contribution is 2.46. The minimum atomic E-state index is -6.11. The number of morpholine rings is 1. The lowest BCUT2D eigenvalue weighted by molar-refractivity contribution is -0.0435. The molecule has 2 N–H and O–H groups in total. The van der Waals surface area contributed by atoms with E-state index in [1.54, 1.807) is 12.1 Å². The molecule has 0 radical (unpaired) electrons. The first-order valence-corrected chi connectivity index (χ1v) is 33.5. The number of rotatable bonds is 22. The Morgan fingerprint density at radius 1 is 0.870 bits per heavy atom. The van der Waals surface area contributed by atoms with Crippen LogP contribution in [0.4, 0.5) is 24.5 Å². The van der Waals surface area contributed by atoms with Crippen LogP contribution in [0.15, 0.2) is 136 Å². The highest BCUT2D eigenvalue weighted by Gasteiger charge is 2.49. The predicted octanol–water partition coefficient (Wildman–Crippen LogP) is 12.4. The Kier molecular flexibility index (Phi) is 20.2. The average Bonchev–Trinajstić information content (AvgIpc) is 3.40. The van der Waals surface area contributed by atoms with Crippen LogP contribution >= 0.6 is 23.4 Å². The van der Waals surface area contributed by atoms with Gasteiger partial charge in [0.25, 0.3) is 25.8 Å². The maximum atomic E-state index is 14.5. The van der Waals surface area contributed by atoms with E-state index in [2.05, 4.69) is 85.9 Å². The van der Waals surface area contributed by atoms with Crippen LogP contribution in [-0.4, -0.2) is 123 Å². The second-order valence-electron chi connectivity index (χ2n) is 21.3. The fraction of sp³-hybridized carbons (Fsp3) is 0.456. The summed E-state index contributed by atoms with van der Waals surface area (Å²) in [4.78, 5) is 19.2. The summed E-state index contributed by atoms with van der Waals surface area (Å²) >= 11 is 7.74. The molecule has 418 valence electrons. The van der Waals surface area contributed by atoms with Crippen molar-refractivity contribution in [2.45, 2.75) is 110 Å². The summed E-state index contributed by atoms with van der Waals surface area (Å²) in [5, 5.41) is 3.70. The smallest absolute Gasteiger partial charge is 0.410 e. The molecule has 0 bridgehead atoms. The molecule has 2 fully saturated rings. The maximum absolute atomic E-state index is 14.5. The topological polar surface area (TPSA) is 138 Å². The first-order valence-electron chi connectivity index (χ1n) is 26.3. The lowest BCUT2D eigenvalue weighted by atomic mass is 9.84. The van der Waals surface area contributed by atoms with E-state index in [0.717, 1.165) is 71.9 Å². The zero-order valence-corrected chi connectivity index (χ0v) is 49.2. The summed E-state index contributed by atoms with van der Waals surface area (Å²) in [5.41, 5.74) is -2.09. The molecule has 5 aromatic rings. The highest BCUT2D eigenvalue weighted by atomic mass is 35.5. The monoisotopic (exact) mass is 1160 g/mol. The van der Waals surface area contributed by atoms with Gasteiger partial charge in [0.1, 0.15) is 4.90 Å². The third kappa shape index (κ3) is 15.3. The molecule has 1 amide bonds. The maximum Gasteiger partial charge on any atom is 0.501 e. The number of carbonyl (C=O) groups excluding carboxylic acids is 1. The third-order valence-corrected chi connectivity index (χ3v) is 24.0. The van der Waals surface area contributed by atoms with Crippen molar-refractivity contribution in [2.75, 3.05) is 75.0 Å². The van der Waals surface area contributed by atoms with Crippen molar-refractivity contribution in [3.8, 4) is 11.1 Å². The van der Waals surface area contributed by atoms with E-state index >= 15 is 0 Å². The molecule has 3 unspecified atom stereocenters. The summed E-state index contributed by atoms with van der Waals surface area (Å²) in [6, 6.07) is 34.1. The molecule has 2 aliphatic rings. The summed E-state index contributed by atoms with van der Waals surface area (Å²) in [6.07, 6.45) is 1.88. The number of halogens is 4. The summed E-state index contributed by atoms with van der Waals surface area (Å²) < 4.78 is 113. The van der Waals surface area contributed by atoms with Gasteiger partial charge < -0.3 is 24.3 Å². The number of benzene rings is 5. The van der Waals surface area contributed by atoms with Gasteiger partial charge in [0, 0.05) is 71.7 Å². The van der Waals surface area contributed by atoms with Gasteiger partial charge in [-0.2, -0.15) is 13.2 Å². The number of sulfone groups is 1. The number of alkyl halides is 3. The Morgan fingerprint density at radius 2 is 1.52 bits per heavy atom. The van der Waals surface area contributed by atoms with Crippen LogP contribution in [0.3, 0.4) is 0 Å². The van der Waals surface area contributed by atoms with Gasteiger partial charge in [0.05, 0.1) is 29.9 Å². The van der Waals surface area contributed by atoms with E-state index in [9.17, 15) is 34.8 Å². The highest BCUT2D eigenvalue weighted by molar-refractivity contribution is 7.99. The predicted molar refractivity (Wildman–Crippen MR) is 307 cm³/mol. The third-order valence-electron chi connectivity index (χ3n) is 15.2. The molecule has 0 aromatic heterocycles.